The predicted octanol–water partition coefficient (Wildman–Crippen LogP) is 4.43. The van der Waals surface area contributed by atoms with Gasteiger partial charge in [0.25, 0.3) is 0 Å². The van der Waals surface area contributed by atoms with E-state index in [1.807, 2.05) is 12.1 Å². The average molecular weight is 387 g/mol. The Hall–Kier alpha value is -1.75. The van der Waals surface area contributed by atoms with Gasteiger partial charge in [0.2, 0.25) is 0 Å². The van der Waals surface area contributed by atoms with Crippen molar-refractivity contribution in [3.05, 3.63) is 58.6 Å². The van der Waals surface area contributed by atoms with Crippen LogP contribution in [0.2, 0.25) is 5.02 Å². The lowest BCUT2D eigenvalue weighted by Gasteiger charge is -2.28. The molecule has 27 heavy (non-hydrogen) atoms. The quantitative estimate of drug-likeness (QED) is 0.796. The first-order chi connectivity index (χ1) is 13.3. The molecular weight excluding hydrogens is 360 g/mol. The van der Waals surface area contributed by atoms with Gasteiger partial charge in [-0.15, -0.1) is 0 Å². The molecule has 0 radical (unpaired) electrons. The van der Waals surface area contributed by atoms with Gasteiger partial charge in [-0.3, -0.25) is 4.90 Å². The van der Waals surface area contributed by atoms with Crippen molar-refractivity contribution in [1.29, 1.82) is 0 Å². The molecule has 1 atom stereocenters. The molecule has 0 spiro atoms. The van der Waals surface area contributed by atoms with E-state index in [4.69, 9.17) is 21.1 Å². The van der Waals surface area contributed by atoms with E-state index in [0.29, 0.717) is 30.0 Å². The number of hydrogen-bond acceptors (Lipinski definition) is 4. The van der Waals surface area contributed by atoms with Gasteiger partial charge in [0.1, 0.15) is 0 Å². The first-order valence-electron chi connectivity index (χ1n) is 9.89. The van der Waals surface area contributed by atoms with Crippen molar-refractivity contribution in [3.63, 3.8) is 0 Å². The molecule has 2 aliphatic heterocycles. The standard InChI is InChI=1S/C22H27ClN2O2/c23-19-13-17(14-21-22(19)27-12-6-11-26-21)15-24-16-20(25-9-4-5-10-25)18-7-2-1-3-8-18/h1-3,7-8,13-14,20,24H,4-6,9-12,15-16H2. The summed E-state index contributed by atoms with van der Waals surface area (Å²) in [6.45, 7) is 5.35. The largest absolute Gasteiger partial charge is 0.489 e. The van der Waals surface area contributed by atoms with Gasteiger partial charge in [-0.1, -0.05) is 41.9 Å². The van der Waals surface area contributed by atoms with E-state index in [-0.39, 0.29) is 0 Å². The summed E-state index contributed by atoms with van der Waals surface area (Å²) < 4.78 is 11.5. The van der Waals surface area contributed by atoms with Crippen LogP contribution < -0.4 is 14.8 Å². The van der Waals surface area contributed by atoms with Crippen LogP contribution in [0, 0.1) is 0 Å². The van der Waals surface area contributed by atoms with E-state index in [1.165, 1.54) is 31.5 Å². The molecule has 1 unspecified atom stereocenters. The SMILES string of the molecule is Clc1cc(CNCC(c2ccccc2)N2CCCC2)cc2c1OCCCO2. The summed E-state index contributed by atoms with van der Waals surface area (Å²) in [6.07, 6.45) is 3.47. The Labute approximate surface area is 166 Å². The summed E-state index contributed by atoms with van der Waals surface area (Å²) >= 11 is 6.42. The van der Waals surface area contributed by atoms with Crippen LogP contribution in [0.3, 0.4) is 0 Å². The third-order valence-corrected chi connectivity index (χ3v) is 5.58. The Bertz CT molecular complexity index is 747. The molecule has 0 amide bonds. The summed E-state index contributed by atoms with van der Waals surface area (Å²) in [5.41, 5.74) is 2.50. The minimum atomic E-state index is 0.407. The van der Waals surface area contributed by atoms with E-state index < -0.39 is 0 Å². The summed E-state index contributed by atoms with van der Waals surface area (Å²) in [5, 5.41) is 4.26. The number of nitrogens with one attached hydrogen (secondary N) is 1. The number of halogens is 1. The molecule has 1 fully saturated rings. The van der Waals surface area contributed by atoms with E-state index in [1.54, 1.807) is 0 Å². The predicted molar refractivity (Wildman–Crippen MR) is 109 cm³/mol. The smallest absolute Gasteiger partial charge is 0.179 e. The Morgan fingerprint density at radius 3 is 2.59 bits per heavy atom. The van der Waals surface area contributed by atoms with Gasteiger partial charge in [-0.25, -0.2) is 0 Å². The second-order valence-corrected chi connectivity index (χ2v) is 7.66. The lowest BCUT2D eigenvalue weighted by molar-refractivity contribution is 0.238. The van der Waals surface area contributed by atoms with E-state index in [9.17, 15) is 0 Å². The van der Waals surface area contributed by atoms with E-state index in [2.05, 4.69) is 40.5 Å². The van der Waals surface area contributed by atoms with Crippen LogP contribution >= 0.6 is 11.6 Å². The van der Waals surface area contributed by atoms with Crippen molar-refractivity contribution in [1.82, 2.24) is 10.2 Å². The maximum absolute atomic E-state index is 6.42. The second kappa shape index (κ2) is 8.96. The molecule has 0 bridgehead atoms. The molecule has 2 heterocycles. The van der Waals surface area contributed by atoms with Gasteiger partial charge in [0, 0.05) is 25.6 Å². The van der Waals surface area contributed by atoms with Crippen molar-refractivity contribution in [2.24, 2.45) is 0 Å². The van der Waals surface area contributed by atoms with Crippen LogP contribution in [0.4, 0.5) is 0 Å². The van der Waals surface area contributed by atoms with Crippen LogP contribution in [0.25, 0.3) is 0 Å². The fourth-order valence-corrected chi connectivity index (χ4v) is 4.21. The number of likely N-dealkylation sites (tertiary alicyclic amines) is 1. The normalized spacial score (nSPS) is 18.3. The molecule has 1 N–H and O–H groups in total. The molecule has 0 aliphatic carbocycles. The number of benzene rings is 2. The van der Waals surface area contributed by atoms with Crippen molar-refractivity contribution >= 4 is 11.6 Å². The molecule has 5 heteroatoms. The number of nitrogens with zero attached hydrogens (tertiary/aromatic N) is 1. The van der Waals surface area contributed by atoms with E-state index in [0.717, 1.165) is 30.8 Å². The highest BCUT2D eigenvalue weighted by molar-refractivity contribution is 6.32. The molecule has 0 aromatic heterocycles. The highest BCUT2D eigenvalue weighted by Crippen LogP contribution is 2.38. The van der Waals surface area contributed by atoms with Crippen LogP contribution in [-0.4, -0.2) is 37.7 Å². The molecule has 2 aliphatic rings. The number of rotatable bonds is 6. The first-order valence-corrected chi connectivity index (χ1v) is 10.3. The lowest BCUT2D eigenvalue weighted by Crippen LogP contribution is -2.34. The van der Waals surface area contributed by atoms with Crippen LogP contribution in [0.15, 0.2) is 42.5 Å². The van der Waals surface area contributed by atoms with Crippen molar-refractivity contribution in [2.45, 2.75) is 31.8 Å². The maximum atomic E-state index is 6.42. The zero-order valence-electron chi connectivity index (χ0n) is 15.6. The third-order valence-electron chi connectivity index (χ3n) is 5.29. The zero-order valence-corrected chi connectivity index (χ0v) is 16.4. The molecule has 2 aromatic carbocycles. The molecule has 4 rings (SSSR count). The second-order valence-electron chi connectivity index (χ2n) is 7.26. The maximum Gasteiger partial charge on any atom is 0.179 e. The summed E-state index contributed by atoms with van der Waals surface area (Å²) in [4.78, 5) is 2.59. The Morgan fingerprint density at radius 2 is 1.78 bits per heavy atom. The molecule has 4 nitrogen and oxygen atoms in total. The highest BCUT2D eigenvalue weighted by Gasteiger charge is 2.23. The van der Waals surface area contributed by atoms with Gasteiger partial charge in [0.15, 0.2) is 11.5 Å². The van der Waals surface area contributed by atoms with Crippen molar-refractivity contribution in [3.8, 4) is 11.5 Å². The zero-order chi connectivity index (χ0) is 18.5. The van der Waals surface area contributed by atoms with Crippen molar-refractivity contribution < 1.29 is 9.47 Å². The molecule has 2 aromatic rings. The third kappa shape index (κ3) is 4.57. The minimum absolute atomic E-state index is 0.407. The molecular formula is C22H27ClN2O2. The summed E-state index contributed by atoms with van der Waals surface area (Å²) in [5.74, 6) is 1.44. The van der Waals surface area contributed by atoms with Crippen molar-refractivity contribution in [2.75, 3.05) is 32.8 Å². The monoisotopic (exact) mass is 386 g/mol. The number of fused-ring (bicyclic) bond motifs is 1. The summed E-state index contributed by atoms with van der Waals surface area (Å²) in [7, 11) is 0. The summed E-state index contributed by atoms with van der Waals surface area (Å²) in [6, 6.07) is 15.2. The highest BCUT2D eigenvalue weighted by atomic mass is 35.5. The van der Waals surface area contributed by atoms with Crippen LogP contribution in [0.5, 0.6) is 11.5 Å². The van der Waals surface area contributed by atoms with E-state index >= 15 is 0 Å². The Balaban J connectivity index is 1.43. The Kier molecular flexibility index (Phi) is 6.17. The molecule has 144 valence electrons. The first kappa shape index (κ1) is 18.6. The molecule has 0 saturated carbocycles. The topological polar surface area (TPSA) is 33.7 Å². The van der Waals surface area contributed by atoms with Gasteiger partial charge < -0.3 is 14.8 Å². The lowest BCUT2D eigenvalue weighted by atomic mass is 10.1. The average Bonchev–Trinajstić information content (AvgIpc) is 3.11. The van der Waals surface area contributed by atoms with Gasteiger partial charge in [0.05, 0.1) is 18.2 Å². The van der Waals surface area contributed by atoms with Gasteiger partial charge in [-0.2, -0.15) is 0 Å². The number of ether oxygens (including phenoxy) is 2. The minimum Gasteiger partial charge on any atom is -0.489 e. The van der Waals surface area contributed by atoms with Gasteiger partial charge >= 0.3 is 0 Å². The van der Waals surface area contributed by atoms with Gasteiger partial charge in [-0.05, 0) is 49.2 Å². The fourth-order valence-electron chi connectivity index (χ4n) is 3.93. The Morgan fingerprint density at radius 1 is 1.00 bits per heavy atom. The molecule has 1 saturated heterocycles. The number of hydrogen-bond donors (Lipinski definition) is 1. The van der Waals surface area contributed by atoms with Crippen LogP contribution in [-0.2, 0) is 6.54 Å². The fraction of sp³-hybridized carbons (Fsp3) is 0.455. The van der Waals surface area contributed by atoms with Crippen LogP contribution in [0.1, 0.15) is 36.4 Å².